The van der Waals surface area contributed by atoms with Gasteiger partial charge in [-0.2, -0.15) is 13.2 Å². The topological polar surface area (TPSA) is 80.5 Å². The fourth-order valence-electron chi connectivity index (χ4n) is 3.17. The first-order valence-corrected chi connectivity index (χ1v) is 9.46. The van der Waals surface area contributed by atoms with Gasteiger partial charge in [-0.05, 0) is 26.0 Å². The molecule has 1 aliphatic heterocycles. The number of carbonyl (C=O) groups is 1. The minimum atomic E-state index is -4.70. The Morgan fingerprint density at radius 1 is 1.33 bits per heavy atom. The Kier molecular flexibility index (Phi) is 5.10. The van der Waals surface area contributed by atoms with Crippen LogP contribution in [0.1, 0.15) is 41.5 Å². The van der Waals surface area contributed by atoms with Crippen LogP contribution in [0.4, 0.5) is 18.9 Å². The highest BCUT2D eigenvalue weighted by molar-refractivity contribution is 6.04. The molecule has 7 nitrogen and oxygen atoms in total. The van der Waals surface area contributed by atoms with E-state index in [2.05, 4.69) is 20.6 Å². The lowest BCUT2D eigenvalue weighted by atomic mass is 10.0. The summed E-state index contributed by atoms with van der Waals surface area (Å²) < 4.78 is 47.3. The molecule has 30 heavy (non-hydrogen) atoms. The number of amides is 1. The first kappa shape index (κ1) is 20.1. The van der Waals surface area contributed by atoms with E-state index in [0.717, 1.165) is 37.1 Å². The summed E-state index contributed by atoms with van der Waals surface area (Å²) in [6.07, 6.45) is -0.332. The summed E-state index contributed by atoms with van der Waals surface area (Å²) in [5.74, 6) is -0.348. The smallest absolute Gasteiger partial charge is 0.418 e. The lowest BCUT2D eigenvalue weighted by Crippen LogP contribution is -2.40. The Labute approximate surface area is 170 Å². The van der Waals surface area contributed by atoms with Crippen molar-refractivity contribution in [2.45, 2.75) is 32.0 Å². The van der Waals surface area contributed by atoms with Crippen molar-refractivity contribution < 1.29 is 22.7 Å². The largest absolute Gasteiger partial charge is 0.489 e. The van der Waals surface area contributed by atoms with Crippen molar-refractivity contribution in [1.29, 1.82) is 0 Å². The second-order valence-corrected chi connectivity index (χ2v) is 7.36. The van der Waals surface area contributed by atoms with Crippen LogP contribution in [-0.4, -0.2) is 39.5 Å². The van der Waals surface area contributed by atoms with E-state index in [1.165, 1.54) is 0 Å². The molecule has 0 atom stereocenters. The van der Waals surface area contributed by atoms with Gasteiger partial charge in [0.15, 0.2) is 0 Å². The Balaban J connectivity index is 1.71. The van der Waals surface area contributed by atoms with Gasteiger partial charge in [-0.3, -0.25) is 9.78 Å². The number of nitrogens with one attached hydrogen (secondary N) is 2. The van der Waals surface area contributed by atoms with Gasteiger partial charge in [0.25, 0.3) is 5.91 Å². The molecule has 3 aromatic rings. The zero-order valence-electron chi connectivity index (χ0n) is 16.3. The second-order valence-electron chi connectivity index (χ2n) is 7.36. The van der Waals surface area contributed by atoms with Gasteiger partial charge in [0.2, 0.25) is 0 Å². The number of nitrogens with zero attached hydrogens (tertiary/aromatic N) is 3. The number of carbonyl (C=O) groups excluding carboxylic acids is 1. The summed E-state index contributed by atoms with van der Waals surface area (Å²) in [4.78, 5) is 20.9. The fourth-order valence-corrected chi connectivity index (χ4v) is 3.17. The Morgan fingerprint density at radius 2 is 2.10 bits per heavy atom. The SMILES string of the molecule is CC(C)Oc1cc2nc(C3CNC3)cn2cc1NC(=O)c1ncccc1C(F)(F)F. The summed E-state index contributed by atoms with van der Waals surface area (Å²) in [6.45, 7) is 5.30. The number of hydrogen-bond acceptors (Lipinski definition) is 5. The van der Waals surface area contributed by atoms with E-state index >= 15 is 0 Å². The molecule has 2 N–H and O–H groups in total. The molecule has 158 valence electrons. The van der Waals surface area contributed by atoms with Crippen LogP contribution in [0.2, 0.25) is 0 Å². The zero-order valence-corrected chi connectivity index (χ0v) is 16.3. The van der Waals surface area contributed by atoms with Crippen LogP contribution in [0.5, 0.6) is 5.75 Å². The van der Waals surface area contributed by atoms with Crippen LogP contribution in [-0.2, 0) is 6.18 Å². The summed E-state index contributed by atoms with van der Waals surface area (Å²) in [7, 11) is 0. The molecule has 0 saturated carbocycles. The first-order valence-electron chi connectivity index (χ1n) is 9.46. The molecule has 0 unspecified atom stereocenters. The fraction of sp³-hybridized carbons (Fsp3) is 0.350. The molecule has 1 amide bonds. The average molecular weight is 419 g/mol. The van der Waals surface area contributed by atoms with E-state index in [0.29, 0.717) is 17.3 Å². The second kappa shape index (κ2) is 7.60. The molecule has 1 saturated heterocycles. The molecule has 10 heteroatoms. The van der Waals surface area contributed by atoms with E-state index < -0.39 is 23.3 Å². The van der Waals surface area contributed by atoms with Crippen LogP contribution >= 0.6 is 0 Å². The molecule has 0 bridgehead atoms. The van der Waals surface area contributed by atoms with Crippen LogP contribution in [0.3, 0.4) is 0 Å². The number of alkyl halides is 3. The zero-order chi connectivity index (χ0) is 21.5. The predicted molar refractivity (Wildman–Crippen MR) is 104 cm³/mol. The molecule has 1 aliphatic rings. The monoisotopic (exact) mass is 419 g/mol. The molecule has 3 aromatic heterocycles. The molecule has 4 heterocycles. The Bertz CT molecular complexity index is 1090. The normalized spacial score (nSPS) is 14.7. The third-order valence-electron chi connectivity index (χ3n) is 4.71. The maximum absolute atomic E-state index is 13.3. The van der Waals surface area contributed by atoms with Crippen LogP contribution in [0, 0.1) is 0 Å². The van der Waals surface area contributed by atoms with Crippen molar-refractivity contribution in [1.82, 2.24) is 19.7 Å². The number of anilines is 1. The summed E-state index contributed by atoms with van der Waals surface area (Å²) in [6, 6.07) is 3.63. The Morgan fingerprint density at radius 3 is 2.73 bits per heavy atom. The number of rotatable bonds is 5. The molecule has 0 spiro atoms. The number of pyridine rings is 2. The van der Waals surface area contributed by atoms with Crippen LogP contribution < -0.4 is 15.4 Å². The standard InChI is InChI=1S/C20H20F3N5O2/c1-11(2)30-16-6-17-26-14(12-7-24-8-12)9-28(17)10-15(16)27-19(29)18-13(20(21,22)23)4-3-5-25-18/h3-6,9-12,24H,7-8H2,1-2H3,(H,27,29). The molecule has 0 aliphatic carbocycles. The van der Waals surface area contributed by atoms with Gasteiger partial charge >= 0.3 is 6.18 Å². The van der Waals surface area contributed by atoms with Gasteiger partial charge in [0, 0.05) is 43.7 Å². The molecule has 1 fully saturated rings. The van der Waals surface area contributed by atoms with Crippen molar-refractivity contribution >= 4 is 17.2 Å². The third-order valence-corrected chi connectivity index (χ3v) is 4.71. The van der Waals surface area contributed by atoms with E-state index in [4.69, 9.17) is 4.74 Å². The van der Waals surface area contributed by atoms with Crippen molar-refractivity contribution in [2.24, 2.45) is 0 Å². The highest BCUT2D eigenvalue weighted by Crippen LogP contribution is 2.33. The van der Waals surface area contributed by atoms with Gasteiger partial charge < -0.3 is 19.8 Å². The van der Waals surface area contributed by atoms with Gasteiger partial charge in [-0.1, -0.05) is 0 Å². The minimum Gasteiger partial charge on any atom is -0.489 e. The summed E-state index contributed by atoms with van der Waals surface area (Å²) >= 11 is 0. The van der Waals surface area contributed by atoms with Crippen molar-refractivity contribution in [3.8, 4) is 5.75 Å². The lowest BCUT2D eigenvalue weighted by Gasteiger charge is -2.24. The molecular formula is C20H20F3N5O2. The van der Waals surface area contributed by atoms with E-state index in [1.54, 1.807) is 16.7 Å². The highest BCUT2D eigenvalue weighted by Gasteiger charge is 2.36. The third kappa shape index (κ3) is 3.95. The van der Waals surface area contributed by atoms with Gasteiger partial charge in [-0.15, -0.1) is 0 Å². The van der Waals surface area contributed by atoms with Gasteiger partial charge in [0.1, 0.15) is 22.8 Å². The number of fused-ring (bicyclic) bond motifs is 1. The molecule has 0 radical (unpaired) electrons. The molecule has 4 rings (SSSR count). The highest BCUT2D eigenvalue weighted by atomic mass is 19.4. The average Bonchev–Trinajstić information content (AvgIpc) is 3.01. The number of halogens is 3. The quantitative estimate of drug-likeness (QED) is 0.662. The van der Waals surface area contributed by atoms with Crippen molar-refractivity contribution in [3.05, 3.63) is 53.7 Å². The summed E-state index contributed by atoms with van der Waals surface area (Å²) in [5, 5.41) is 5.70. The van der Waals surface area contributed by atoms with Gasteiger partial charge in [-0.25, -0.2) is 4.98 Å². The van der Waals surface area contributed by atoms with E-state index in [1.807, 2.05) is 20.0 Å². The Hall–Kier alpha value is -3.14. The van der Waals surface area contributed by atoms with Crippen LogP contribution in [0.15, 0.2) is 36.8 Å². The number of hydrogen-bond donors (Lipinski definition) is 2. The van der Waals surface area contributed by atoms with Crippen molar-refractivity contribution in [3.63, 3.8) is 0 Å². The minimum absolute atomic E-state index is 0.214. The van der Waals surface area contributed by atoms with Gasteiger partial charge in [0.05, 0.1) is 17.4 Å². The maximum Gasteiger partial charge on any atom is 0.418 e. The predicted octanol–water partition coefficient (Wildman–Crippen LogP) is 3.47. The number of imidazole rings is 1. The number of ether oxygens (including phenoxy) is 1. The molecular weight excluding hydrogens is 399 g/mol. The number of aromatic nitrogens is 3. The van der Waals surface area contributed by atoms with E-state index in [-0.39, 0.29) is 11.8 Å². The van der Waals surface area contributed by atoms with Crippen LogP contribution in [0.25, 0.3) is 5.65 Å². The lowest BCUT2D eigenvalue weighted by molar-refractivity contribution is -0.138. The van der Waals surface area contributed by atoms with E-state index in [9.17, 15) is 18.0 Å². The summed E-state index contributed by atoms with van der Waals surface area (Å²) in [5.41, 5.74) is -0.0448. The first-order chi connectivity index (χ1) is 14.2. The molecule has 0 aromatic carbocycles. The van der Waals surface area contributed by atoms with Crippen molar-refractivity contribution in [2.75, 3.05) is 18.4 Å². The maximum atomic E-state index is 13.3.